The highest BCUT2D eigenvalue weighted by atomic mass is 15.2. The quantitative estimate of drug-likeness (QED) is 0.864. The Labute approximate surface area is 111 Å². The van der Waals surface area contributed by atoms with Gasteiger partial charge in [0.2, 0.25) is 0 Å². The molecule has 0 aliphatic heterocycles. The highest BCUT2D eigenvalue weighted by Gasteiger charge is 2.31. The van der Waals surface area contributed by atoms with Crippen LogP contribution in [-0.2, 0) is 6.54 Å². The summed E-state index contributed by atoms with van der Waals surface area (Å²) in [5.74, 6) is 0. The number of hydrogen-bond donors (Lipinski definition) is 1. The van der Waals surface area contributed by atoms with E-state index in [0.717, 1.165) is 13.1 Å². The third kappa shape index (κ3) is 3.56. The van der Waals surface area contributed by atoms with Crippen LogP contribution in [0.3, 0.4) is 0 Å². The molecule has 2 nitrogen and oxygen atoms in total. The van der Waals surface area contributed by atoms with Crippen molar-refractivity contribution in [2.24, 2.45) is 5.73 Å². The maximum Gasteiger partial charge on any atom is 0.0283 e. The number of rotatable bonds is 5. The van der Waals surface area contributed by atoms with Crippen molar-refractivity contribution in [3.63, 3.8) is 0 Å². The zero-order valence-corrected chi connectivity index (χ0v) is 11.7. The molecule has 0 aromatic heterocycles. The molecule has 1 aliphatic rings. The molecule has 1 aromatic rings. The lowest BCUT2D eigenvalue weighted by Crippen LogP contribution is -2.49. The highest BCUT2D eigenvalue weighted by molar-refractivity contribution is 5.14. The first-order valence-electron chi connectivity index (χ1n) is 7.16. The van der Waals surface area contributed by atoms with Crippen molar-refractivity contribution in [1.29, 1.82) is 0 Å². The van der Waals surface area contributed by atoms with Gasteiger partial charge < -0.3 is 5.73 Å². The molecule has 0 amide bonds. The summed E-state index contributed by atoms with van der Waals surface area (Å²) in [5.41, 5.74) is 7.95. The number of hydrogen-bond acceptors (Lipinski definition) is 2. The summed E-state index contributed by atoms with van der Waals surface area (Å²) >= 11 is 0. The van der Waals surface area contributed by atoms with E-state index in [2.05, 4.69) is 49.1 Å². The van der Waals surface area contributed by atoms with Crippen LogP contribution in [0.4, 0.5) is 0 Å². The minimum Gasteiger partial charge on any atom is -0.324 e. The lowest BCUT2D eigenvalue weighted by molar-refractivity contribution is 0.162. The van der Waals surface area contributed by atoms with Gasteiger partial charge in [-0.2, -0.15) is 0 Å². The van der Waals surface area contributed by atoms with Crippen LogP contribution in [0.15, 0.2) is 30.3 Å². The van der Waals surface area contributed by atoms with E-state index in [0.29, 0.717) is 6.04 Å². The molecule has 1 aliphatic carbocycles. The zero-order valence-electron chi connectivity index (χ0n) is 11.7. The van der Waals surface area contributed by atoms with E-state index in [9.17, 15) is 0 Å². The van der Waals surface area contributed by atoms with Gasteiger partial charge >= 0.3 is 0 Å². The van der Waals surface area contributed by atoms with E-state index >= 15 is 0 Å². The SMILES string of the molecule is CC(C)N(Cc1ccccc1)CC1(N)CCCC1. The maximum atomic E-state index is 6.51. The van der Waals surface area contributed by atoms with Gasteiger partial charge in [0, 0.05) is 24.7 Å². The van der Waals surface area contributed by atoms with Crippen LogP contribution in [0.25, 0.3) is 0 Å². The largest absolute Gasteiger partial charge is 0.324 e. The smallest absolute Gasteiger partial charge is 0.0283 e. The van der Waals surface area contributed by atoms with Crippen LogP contribution < -0.4 is 5.73 Å². The van der Waals surface area contributed by atoms with E-state index in [4.69, 9.17) is 5.73 Å². The van der Waals surface area contributed by atoms with Crippen molar-refractivity contribution in [1.82, 2.24) is 4.90 Å². The Hall–Kier alpha value is -0.860. The highest BCUT2D eigenvalue weighted by Crippen LogP contribution is 2.29. The Kier molecular flexibility index (Phi) is 4.41. The van der Waals surface area contributed by atoms with Gasteiger partial charge in [0.15, 0.2) is 0 Å². The van der Waals surface area contributed by atoms with Crippen LogP contribution >= 0.6 is 0 Å². The summed E-state index contributed by atoms with van der Waals surface area (Å²) in [4.78, 5) is 2.51. The predicted molar refractivity (Wildman–Crippen MR) is 77.4 cm³/mol. The van der Waals surface area contributed by atoms with Gasteiger partial charge in [-0.3, -0.25) is 4.90 Å². The summed E-state index contributed by atoms with van der Waals surface area (Å²) in [5, 5.41) is 0. The molecule has 2 rings (SSSR count). The van der Waals surface area contributed by atoms with Gasteiger partial charge in [0.1, 0.15) is 0 Å². The van der Waals surface area contributed by atoms with Crippen LogP contribution in [0.5, 0.6) is 0 Å². The second kappa shape index (κ2) is 5.85. The normalized spacial score (nSPS) is 18.7. The van der Waals surface area contributed by atoms with Crippen molar-refractivity contribution < 1.29 is 0 Å². The van der Waals surface area contributed by atoms with Crippen molar-refractivity contribution in [3.05, 3.63) is 35.9 Å². The fourth-order valence-electron chi connectivity index (χ4n) is 2.88. The van der Waals surface area contributed by atoms with Crippen LogP contribution in [0.2, 0.25) is 0 Å². The minimum absolute atomic E-state index is 0.0546. The first-order valence-corrected chi connectivity index (χ1v) is 7.16. The zero-order chi connectivity index (χ0) is 13.0. The average Bonchev–Trinajstić information content (AvgIpc) is 2.76. The topological polar surface area (TPSA) is 29.3 Å². The fourth-order valence-corrected chi connectivity index (χ4v) is 2.88. The maximum absolute atomic E-state index is 6.51. The van der Waals surface area contributed by atoms with E-state index in [-0.39, 0.29) is 5.54 Å². The van der Waals surface area contributed by atoms with Crippen molar-refractivity contribution in [2.75, 3.05) is 6.54 Å². The minimum atomic E-state index is 0.0546. The molecular weight excluding hydrogens is 220 g/mol. The van der Waals surface area contributed by atoms with Crippen LogP contribution in [0, 0.1) is 0 Å². The van der Waals surface area contributed by atoms with Gasteiger partial charge in [0.05, 0.1) is 0 Å². The van der Waals surface area contributed by atoms with Gasteiger partial charge in [-0.1, -0.05) is 43.2 Å². The molecule has 1 saturated carbocycles. The second-order valence-electron chi connectivity index (χ2n) is 6.05. The molecule has 1 aromatic carbocycles. The molecule has 0 bridgehead atoms. The predicted octanol–water partition coefficient (Wildman–Crippen LogP) is 3.17. The first kappa shape index (κ1) is 13.6. The molecule has 18 heavy (non-hydrogen) atoms. The van der Waals surface area contributed by atoms with E-state index in [1.54, 1.807) is 0 Å². The summed E-state index contributed by atoms with van der Waals surface area (Å²) < 4.78 is 0. The average molecular weight is 246 g/mol. The Morgan fingerprint density at radius 2 is 1.78 bits per heavy atom. The first-order chi connectivity index (χ1) is 8.59. The molecule has 100 valence electrons. The molecule has 0 heterocycles. The van der Waals surface area contributed by atoms with E-state index in [1.807, 2.05) is 0 Å². The second-order valence-corrected chi connectivity index (χ2v) is 6.05. The van der Waals surface area contributed by atoms with Gasteiger partial charge in [-0.05, 0) is 32.3 Å². The Morgan fingerprint density at radius 1 is 1.17 bits per heavy atom. The molecule has 1 fully saturated rings. The molecule has 2 heteroatoms. The summed E-state index contributed by atoms with van der Waals surface area (Å²) in [6.07, 6.45) is 4.97. The number of nitrogens with two attached hydrogens (primary N) is 1. The molecule has 2 N–H and O–H groups in total. The van der Waals surface area contributed by atoms with Crippen molar-refractivity contribution in [2.45, 2.75) is 57.7 Å². The summed E-state index contributed by atoms with van der Waals surface area (Å²) in [7, 11) is 0. The molecular formula is C16H26N2. The number of benzene rings is 1. The van der Waals surface area contributed by atoms with E-state index in [1.165, 1.54) is 31.2 Å². The van der Waals surface area contributed by atoms with Gasteiger partial charge in [-0.15, -0.1) is 0 Å². The standard InChI is InChI=1S/C16H26N2/c1-14(2)18(12-15-8-4-3-5-9-15)13-16(17)10-6-7-11-16/h3-5,8-9,14H,6-7,10-13,17H2,1-2H3. The van der Waals surface area contributed by atoms with Gasteiger partial charge in [0.25, 0.3) is 0 Å². The fraction of sp³-hybridized carbons (Fsp3) is 0.625. The Balaban J connectivity index is 2.00. The third-order valence-corrected chi connectivity index (χ3v) is 4.08. The molecule has 0 spiro atoms. The molecule has 0 saturated heterocycles. The van der Waals surface area contributed by atoms with Crippen LogP contribution in [-0.4, -0.2) is 23.0 Å². The van der Waals surface area contributed by atoms with Crippen molar-refractivity contribution >= 4 is 0 Å². The Morgan fingerprint density at radius 3 is 2.33 bits per heavy atom. The lowest BCUT2D eigenvalue weighted by Gasteiger charge is -2.35. The monoisotopic (exact) mass is 246 g/mol. The third-order valence-electron chi connectivity index (χ3n) is 4.08. The van der Waals surface area contributed by atoms with E-state index < -0.39 is 0 Å². The molecule has 0 unspecified atom stereocenters. The Bertz CT molecular complexity index is 353. The summed E-state index contributed by atoms with van der Waals surface area (Å²) in [6, 6.07) is 11.3. The molecule has 0 atom stereocenters. The lowest BCUT2D eigenvalue weighted by atomic mass is 9.97. The molecule has 0 radical (unpaired) electrons. The summed E-state index contributed by atoms with van der Waals surface area (Å²) in [6.45, 7) is 6.57. The van der Waals surface area contributed by atoms with Gasteiger partial charge in [-0.25, -0.2) is 0 Å². The number of nitrogens with zero attached hydrogens (tertiary/aromatic N) is 1. The van der Waals surface area contributed by atoms with Crippen LogP contribution in [0.1, 0.15) is 45.1 Å². The van der Waals surface area contributed by atoms with Crippen molar-refractivity contribution in [3.8, 4) is 0 Å².